The second-order valence-electron chi connectivity index (χ2n) is 5.83. The van der Waals surface area contributed by atoms with Crippen LogP contribution in [0.5, 0.6) is 0 Å². The Labute approximate surface area is 169 Å². The molecular formula is C18H17ClFN3O2S2. The van der Waals surface area contributed by atoms with Gasteiger partial charge in [-0.2, -0.15) is 11.8 Å². The Balaban J connectivity index is 1.78. The van der Waals surface area contributed by atoms with E-state index in [4.69, 9.17) is 16.0 Å². The monoisotopic (exact) mass is 425 g/mol. The molecule has 9 heteroatoms. The van der Waals surface area contributed by atoms with Crippen molar-refractivity contribution in [1.29, 1.82) is 0 Å². The van der Waals surface area contributed by atoms with Crippen molar-refractivity contribution in [2.75, 3.05) is 12.0 Å². The van der Waals surface area contributed by atoms with E-state index in [9.17, 15) is 9.18 Å². The second kappa shape index (κ2) is 8.50. The molecule has 0 amide bonds. The molecule has 27 heavy (non-hydrogen) atoms. The Morgan fingerprint density at radius 2 is 2.07 bits per heavy atom. The summed E-state index contributed by atoms with van der Waals surface area (Å²) in [4.78, 5) is 12.7. The summed E-state index contributed by atoms with van der Waals surface area (Å²) in [5.74, 6) is 0.857. The number of nitrogens with zero attached hydrogens (tertiary/aromatic N) is 3. The number of aromatic nitrogens is 3. The largest absolute Gasteiger partial charge is 0.415 e. The third kappa shape index (κ3) is 4.39. The minimum atomic E-state index is -0.476. The van der Waals surface area contributed by atoms with E-state index in [0.717, 1.165) is 11.4 Å². The van der Waals surface area contributed by atoms with Crippen molar-refractivity contribution in [2.45, 2.75) is 24.8 Å². The van der Waals surface area contributed by atoms with Gasteiger partial charge in [-0.05, 0) is 44.4 Å². The van der Waals surface area contributed by atoms with E-state index in [-0.39, 0.29) is 16.6 Å². The molecule has 0 atom stereocenters. The van der Waals surface area contributed by atoms with Gasteiger partial charge in [0.15, 0.2) is 5.78 Å². The van der Waals surface area contributed by atoms with E-state index in [1.54, 1.807) is 23.9 Å². The summed E-state index contributed by atoms with van der Waals surface area (Å²) in [5, 5.41) is 8.29. The van der Waals surface area contributed by atoms with Crippen LogP contribution in [0.1, 0.15) is 27.6 Å². The lowest BCUT2D eigenvalue weighted by Crippen LogP contribution is -2.05. The van der Waals surface area contributed by atoms with Crippen molar-refractivity contribution < 1.29 is 13.6 Å². The number of rotatable bonds is 7. The number of hydrogen-bond donors (Lipinski definition) is 0. The zero-order chi connectivity index (χ0) is 19.6. The average Bonchev–Trinajstić information content (AvgIpc) is 3.20. The van der Waals surface area contributed by atoms with Crippen molar-refractivity contribution in [3.8, 4) is 5.69 Å². The van der Waals surface area contributed by atoms with E-state index in [0.29, 0.717) is 28.1 Å². The van der Waals surface area contributed by atoms with Gasteiger partial charge in [0.2, 0.25) is 5.89 Å². The van der Waals surface area contributed by atoms with Gasteiger partial charge in [-0.25, -0.2) is 4.39 Å². The molecule has 0 unspecified atom stereocenters. The van der Waals surface area contributed by atoms with Gasteiger partial charge in [0.1, 0.15) is 5.82 Å². The molecule has 142 valence electrons. The summed E-state index contributed by atoms with van der Waals surface area (Å²) in [6.45, 7) is 3.74. The molecule has 0 N–H and O–H groups in total. The van der Waals surface area contributed by atoms with Crippen LogP contribution >= 0.6 is 35.1 Å². The molecule has 5 nitrogen and oxygen atoms in total. The molecule has 3 rings (SSSR count). The van der Waals surface area contributed by atoms with Crippen LogP contribution in [0.25, 0.3) is 5.69 Å². The average molecular weight is 426 g/mol. The highest BCUT2D eigenvalue weighted by Gasteiger charge is 2.18. The maximum Gasteiger partial charge on any atom is 0.277 e. The van der Waals surface area contributed by atoms with Gasteiger partial charge in [0.25, 0.3) is 5.22 Å². The van der Waals surface area contributed by atoms with E-state index >= 15 is 0 Å². The normalized spacial score (nSPS) is 11.1. The number of benzene rings is 1. The van der Waals surface area contributed by atoms with Crippen molar-refractivity contribution in [2.24, 2.45) is 0 Å². The van der Waals surface area contributed by atoms with Gasteiger partial charge in [0.05, 0.1) is 16.5 Å². The van der Waals surface area contributed by atoms with E-state index in [1.165, 1.54) is 17.8 Å². The molecule has 2 heterocycles. The Kier molecular flexibility index (Phi) is 6.29. The quantitative estimate of drug-likeness (QED) is 0.387. The predicted molar refractivity (Wildman–Crippen MR) is 107 cm³/mol. The number of halogens is 2. The Bertz CT molecular complexity index is 987. The first-order valence-electron chi connectivity index (χ1n) is 8.02. The molecule has 0 fully saturated rings. The topological polar surface area (TPSA) is 60.9 Å². The fourth-order valence-electron chi connectivity index (χ4n) is 2.75. The maximum atomic E-state index is 13.4. The summed E-state index contributed by atoms with van der Waals surface area (Å²) < 4.78 is 20.8. The molecule has 3 aromatic rings. The number of Topliss-reactive ketones (excluding diaryl/α,β-unsaturated/α-hetero) is 1. The van der Waals surface area contributed by atoms with Crippen LogP contribution in [0.15, 0.2) is 33.9 Å². The van der Waals surface area contributed by atoms with Gasteiger partial charge >= 0.3 is 0 Å². The summed E-state index contributed by atoms with van der Waals surface area (Å²) in [7, 11) is 0. The summed E-state index contributed by atoms with van der Waals surface area (Å²) in [5.41, 5.74) is 2.95. The first-order valence-corrected chi connectivity index (χ1v) is 10.8. The molecule has 1 aromatic carbocycles. The van der Waals surface area contributed by atoms with Crippen LogP contribution < -0.4 is 0 Å². The van der Waals surface area contributed by atoms with Crippen molar-refractivity contribution in [1.82, 2.24) is 14.8 Å². The molecule has 0 aliphatic carbocycles. The first kappa shape index (κ1) is 20.0. The Morgan fingerprint density at radius 3 is 2.78 bits per heavy atom. The first-order chi connectivity index (χ1) is 12.9. The van der Waals surface area contributed by atoms with Crippen LogP contribution in [0.2, 0.25) is 5.02 Å². The number of hydrogen-bond acceptors (Lipinski definition) is 6. The van der Waals surface area contributed by atoms with Crippen LogP contribution in [-0.2, 0) is 5.75 Å². The lowest BCUT2D eigenvalue weighted by Gasteiger charge is -2.10. The molecule has 2 aromatic heterocycles. The van der Waals surface area contributed by atoms with Crippen LogP contribution in [0.3, 0.4) is 0 Å². The number of ketones is 1. The number of thioether (sulfide) groups is 2. The van der Waals surface area contributed by atoms with Gasteiger partial charge < -0.3 is 8.98 Å². The predicted octanol–water partition coefficient (Wildman–Crippen LogP) is 5.11. The zero-order valence-corrected chi connectivity index (χ0v) is 17.3. The number of carbonyl (C=O) groups is 1. The van der Waals surface area contributed by atoms with E-state index in [2.05, 4.69) is 10.2 Å². The number of carbonyl (C=O) groups excluding carboxylic acids is 1. The van der Waals surface area contributed by atoms with Crippen molar-refractivity contribution in [3.05, 3.63) is 57.9 Å². The Morgan fingerprint density at radius 1 is 1.30 bits per heavy atom. The standard InChI is InChI=1S/C18H17ClFN3O2S2/c1-10-6-13(11(2)23(10)12-4-5-15(20)14(19)7-12)16(24)8-27-18-22-21-17(25-18)9-26-3/h4-7H,8-9H2,1-3H3. The molecule has 0 radical (unpaired) electrons. The summed E-state index contributed by atoms with van der Waals surface area (Å²) in [6.07, 6.45) is 1.95. The molecular weight excluding hydrogens is 409 g/mol. The van der Waals surface area contributed by atoms with Gasteiger partial charge in [-0.1, -0.05) is 23.4 Å². The van der Waals surface area contributed by atoms with Crippen molar-refractivity contribution in [3.63, 3.8) is 0 Å². The summed E-state index contributed by atoms with van der Waals surface area (Å²) >= 11 is 8.70. The zero-order valence-electron chi connectivity index (χ0n) is 15.0. The van der Waals surface area contributed by atoms with Crippen LogP contribution in [0.4, 0.5) is 4.39 Å². The third-order valence-corrected chi connectivity index (χ3v) is 5.58. The van der Waals surface area contributed by atoms with Crippen LogP contribution in [-0.4, -0.2) is 32.6 Å². The van der Waals surface area contributed by atoms with Gasteiger partial charge in [-0.15, -0.1) is 10.2 Å². The number of aryl methyl sites for hydroxylation is 1. The van der Waals surface area contributed by atoms with Crippen LogP contribution in [0, 0.1) is 19.7 Å². The van der Waals surface area contributed by atoms with Gasteiger partial charge in [-0.3, -0.25) is 4.79 Å². The molecule has 0 saturated heterocycles. The summed E-state index contributed by atoms with van der Waals surface area (Å²) in [6, 6.07) is 6.32. The second-order valence-corrected chi connectivity index (χ2v) is 8.03. The fraction of sp³-hybridized carbons (Fsp3) is 0.278. The lowest BCUT2D eigenvalue weighted by molar-refractivity contribution is 0.102. The highest BCUT2D eigenvalue weighted by Crippen LogP contribution is 2.26. The molecule has 0 aliphatic rings. The molecule has 0 bridgehead atoms. The maximum absolute atomic E-state index is 13.4. The molecule has 0 spiro atoms. The van der Waals surface area contributed by atoms with E-state index < -0.39 is 5.82 Å². The lowest BCUT2D eigenvalue weighted by atomic mass is 10.2. The molecule has 0 saturated carbocycles. The smallest absolute Gasteiger partial charge is 0.277 e. The highest BCUT2D eigenvalue weighted by atomic mass is 35.5. The Hall–Kier alpha value is -1.77. The minimum Gasteiger partial charge on any atom is -0.415 e. The fourth-order valence-corrected chi connectivity index (χ4v) is 3.95. The molecule has 0 aliphatic heterocycles. The van der Waals surface area contributed by atoms with E-state index in [1.807, 2.05) is 30.7 Å². The third-order valence-electron chi connectivity index (χ3n) is 3.94. The SMILES string of the molecule is CSCc1nnc(SCC(=O)c2cc(C)n(-c3ccc(F)c(Cl)c3)c2C)o1. The van der Waals surface area contributed by atoms with Gasteiger partial charge in [0, 0.05) is 22.6 Å². The highest BCUT2D eigenvalue weighted by molar-refractivity contribution is 7.99. The minimum absolute atomic E-state index is 0.0425. The van der Waals surface area contributed by atoms with Crippen molar-refractivity contribution >= 4 is 40.9 Å².